The molecule has 0 unspecified atom stereocenters. The maximum Gasteiger partial charge on any atom is 0.250 e. The third-order valence-electron chi connectivity index (χ3n) is 5.82. The van der Waals surface area contributed by atoms with Crippen LogP contribution >= 0.6 is 24.0 Å². The van der Waals surface area contributed by atoms with Crippen molar-refractivity contribution < 1.29 is 9.47 Å². The van der Waals surface area contributed by atoms with Crippen LogP contribution in [0.25, 0.3) is 0 Å². The molecule has 2 aromatic rings. The lowest BCUT2D eigenvalue weighted by Crippen LogP contribution is -2.52. The minimum absolute atomic E-state index is 0. The van der Waals surface area contributed by atoms with Crippen LogP contribution < -0.4 is 20.3 Å². The van der Waals surface area contributed by atoms with Crippen molar-refractivity contribution in [3.63, 3.8) is 0 Å². The van der Waals surface area contributed by atoms with E-state index >= 15 is 0 Å². The number of pyridine rings is 1. The number of rotatable bonds is 8. The molecule has 1 fully saturated rings. The molecule has 33 heavy (non-hydrogen) atoms. The average molecular weight is 567 g/mol. The first kappa shape index (κ1) is 25.4. The summed E-state index contributed by atoms with van der Waals surface area (Å²) in [6.45, 7) is 9.59. The predicted molar refractivity (Wildman–Crippen MR) is 141 cm³/mol. The summed E-state index contributed by atoms with van der Waals surface area (Å²) < 4.78 is 12.7. The van der Waals surface area contributed by atoms with Gasteiger partial charge in [-0.3, -0.25) is 14.7 Å². The van der Waals surface area contributed by atoms with Crippen molar-refractivity contribution in [1.29, 1.82) is 0 Å². The number of hydrogen-bond donors (Lipinski definition) is 1. The lowest BCUT2D eigenvalue weighted by molar-refractivity contribution is 0.171. The van der Waals surface area contributed by atoms with Crippen LogP contribution in [0.5, 0.6) is 11.5 Å². The van der Waals surface area contributed by atoms with Crippen molar-refractivity contribution in [3.05, 3.63) is 58.5 Å². The molecule has 0 aliphatic carbocycles. The smallest absolute Gasteiger partial charge is 0.250 e. The summed E-state index contributed by atoms with van der Waals surface area (Å²) in [5.41, 5.74) is 1.31. The normalized spacial score (nSPS) is 15.9. The summed E-state index contributed by atoms with van der Waals surface area (Å²) in [4.78, 5) is 21.4. The topological polar surface area (TPSA) is 71.3 Å². The van der Waals surface area contributed by atoms with E-state index in [0.29, 0.717) is 6.79 Å². The van der Waals surface area contributed by atoms with Crippen LogP contribution in [-0.2, 0) is 13.1 Å². The number of ether oxygens (including phenoxy) is 2. The first-order valence-corrected chi connectivity index (χ1v) is 11.5. The van der Waals surface area contributed by atoms with Gasteiger partial charge in [-0.15, -0.1) is 24.0 Å². The van der Waals surface area contributed by atoms with Gasteiger partial charge in [-0.1, -0.05) is 12.1 Å². The Morgan fingerprint density at radius 1 is 1.06 bits per heavy atom. The fourth-order valence-electron chi connectivity index (χ4n) is 4.07. The second-order valence-electron chi connectivity index (χ2n) is 8.13. The van der Waals surface area contributed by atoms with Crippen molar-refractivity contribution in [2.45, 2.75) is 32.9 Å². The number of halogens is 1. The molecule has 4 rings (SSSR count). The summed E-state index contributed by atoms with van der Waals surface area (Å²) in [6, 6.07) is 11.5. The van der Waals surface area contributed by atoms with E-state index in [1.807, 2.05) is 18.3 Å². The largest absolute Gasteiger partial charge is 0.454 e. The number of fused-ring (bicyclic) bond motifs is 1. The highest BCUT2D eigenvalue weighted by atomic mass is 127. The van der Waals surface area contributed by atoms with Gasteiger partial charge in [-0.2, -0.15) is 0 Å². The molecule has 0 atom stereocenters. The number of hydrogen-bond acceptors (Lipinski definition) is 5. The van der Waals surface area contributed by atoms with Gasteiger partial charge < -0.3 is 24.3 Å². The number of aliphatic imine (C=N–C) groups is 1. The molecule has 2 aliphatic rings. The van der Waals surface area contributed by atoms with E-state index in [4.69, 9.17) is 14.5 Å². The molecule has 0 radical (unpaired) electrons. The van der Waals surface area contributed by atoms with Crippen molar-refractivity contribution in [2.24, 2.45) is 4.99 Å². The maximum atomic E-state index is 11.8. The Balaban J connectivity index is 0.00000306. The molecule has 0 amide bonds. The van der Waals surface area contributed by atoms with E-state index in [1.165, 1.54) is 5.56 Å². The van der Waals surface area contributed by atoms with Gasteiger partial charge in [0.25, 0.3) is 0 Å². The molecule has 8 nitrogen and oxygen atoms in total. The van der Waals surface area contributed by atoms with Gasteiger partial charge in [0, 0.05) is 64.6 Å². The summed E-state index contributed by atoms with van der Waals surface area (Å²) in [5, 5.41) is 3.43. The third kappa shape index (κ3) is 7.10. The van der Waals surface area contributed by atoms with Gasteiger partial charge in [0.1, 0.15) is 0 Å². The SMILES string of the molecule is CCNC(=NCCCCn1ccccc1=O)N1CCN(Cc2ccc3c(c2)OCO3)CC1.I. The second kappa shape index (κ2) is 12.8. The van der Waals surface area contributed by atoms with Crippen LogP contribution in [0.4, 0.5) is 0 Å². The quantitative estimate of drug-likeness (QED) is 0.229. The van der Waals surface area contributed by atoms with Crippen LogP contribution in [0.15, 0.2) is 52.4 Å². The Bertz CT molecular complexity index is 973. The highest BCUT2D eigenvalue weighted by molar-refractivity contribution is 14.0. The highest BCUT2D eigenvalue weighted by Crippen LogP contribution is 2.32. The molecule has 0 spiro atoms. The Labute approximate surface area is 212 Å². The minimum Gasteiger partial charge on any atom is -0.454 e. The molecule has 3 heterocycles. The second-order valence-corrected chi connectivity index (χ2v) is 8.13. The van der Waals surface area contributed by atoms with Gasteiger partial charge >= 0.3 is 0 Å². The molecule has 1 saturated heterocycles. The zero-order chi connectivity index (χ0) is 22.2. The summed E-state index contributed by atoms with van der Waals surface area (Å²) in [5.74, 6) is 2.67. The molecule has 180 valence electrons. The molecular weight excluding hydrogens is 533 g/mol. The average Bonchev–Trinajstić information content (AvgIpc) is 3.28. The van der Waals surface area contributed by atoms with E-state index in [1.54, 1.807) is 16.7 Å². The van der Waals surface area contributed by atoms with E-state index in [-0.39, 0.29) is 29.5 Å². The summed E-state index contributed by atoms with van der Waals surface area (Å²) in [6.07, 6.45) is 3.75. The van der Waals surface area contributed by atoms with Gasteiger partial charge in [0.15, 0.2) is 17.5 Å². The number of nitrogens with one attached hydrogen (secondary N) is 1. The molecular formula is C24H34IN5O3. The van der Waals surface area contributed by atoms with E-state index in [9.17, 15) is 4.79 Å². The fourth-order valence-corrected chi connectivity index (χ4v) is 4.07. The molecule has 1 aromatic heterocycles. The number of nitrogens with zero attached hydrogens (tertiary/aromatic N) is 4. The highest BCUT2D eigenvalue weighted by Gasteiger charge is 2.20. The number of piperazine rings is 1. The van der Waals surface area contributed by atoms with Gasteiger partial charge in [0.2, 0.25) is 12.4 Å². The van der Waals surface area contributed by atoms with Crippen LogP contribution in [0, 0.1) is 0 Å². The Hall–Kier alpha value is -2.27. The van der Waals surface area contributed by atoms with Crippen LogP contribution in [-0.4, -0.2) is 66.4 Å². The summed E-state index contributed by atoms with van der Waals surface area (Å²) >= 11 is 0. The lowest BCUT2D eigenvalue weighted by atomic mass is 10.1. The molecule has 9 heteroatoms. The van der Waals surface area contributed by atoms with Crippen molar-refractivity contribution in [1.82, 2.24) is 19.7 Å². The van der Waals surface area contributed by atoms with Gasteiger partial charge in [-0.25, -0.2) is 0 Å². The van der Waals surface area contributed by atoms with Gasteiger partial charge in [0.05, 0.1) is 0 Å². The van der Waals surface area contributed by atoms with Crippen LogP contribution in [0.1, 0.15) is 25.3 Å². The van der Waals surface area contributed by atoms with E-state index in [2.05, 4.69) is 34.2 Å². The Morgan fingerprint density at radius 3 is 2.67 bits per heavy atom. The van der Waals surface area contributed by atoms with Crippen LogP contribution in [0.2, 0.25) is 0 Å². The molecule has 1 aromatic carbocycles. The van der Waals surface area contributed by atoms with E-state index < -0.39 is 0 Å². The van der Waals surface area contributed by atoms with Crippen LogP contribution in [0.3, 0.4) is 0 Å². The number of benzene rings is 1. The third-order valence-corrected chi connectivity index (χ3v) is 5.82. The van der Waals surface area contributed by atoms with E-state index in [0.717, 1.165) is 82.7 Å². The lowest BCUT2D eigenvalue weighted by Gasteiger charge is -2.36. The van der Waals surface area contributed by atoms with Crippen molar-refractivity contribution in [2.75, 3.05) is 46.1 Å². The number of aryl methyl sites for hydroxylation is 1. The zero-order valence-corrected chi connectivity index (χ0v) is 21.6. The first-order chi connectivity index (χ1) is 15.7. The first-order valence-electron chi connectivity index (χ1n) is 11.5. The minimum atomic E-state index is 0. The predicted octanol–water partition coefficient (Wildman–Crippen LogP) is 2.76. The molecule has 1 N–H and O–H groups in total. The molecule has 2 aliphatic heterocycles. The molecule has 0 saturated carbocycles. The Kier molecular flexibility index (Phi) is 9.86. The number of guanidine groups is 1. The van der Waals surface area contributed by atoms with Crippen molar-refractivity contribution >= 4 is 29.9 Å². The van der Waals surface area contributed by atoms with Gasteiger partial charge in [-0.05, 0) is 43.5 Å². The van der Waals surface area contributed by atoms with Crippen molar-refractivity contribution in [3.8, 4) is 11.5 Å². The number of aromatic nitrogens is 1. The fraction of sp³-hybridized carbons (Fsp3) is 0.500. The zero-order valence-electron chi connectivity index (χ0n) is 19.2. The molecule has 0 bridgehead atoms. The number of unbranched alkanes of at least 4 members (excludes halogenated alkanes) is 1. The maximum absolute atomic E-state index is 11.8. The standard InChI is InChI=1S/C24H33N5O3.HI/c1-2-25-24(26-10-4-6-12-28-11-5-3-7-23(28)30)29-15-13-27(14-16-29)18-20-8-9-21-22(17-20)32-19-31-21;/h3,5,7-9,11,17H,2,4,6,10,12-16,18-19H2,1H3,(H,25,26);1H. The summed E-state index contributed by atoms with van der Waals surface area (Å²) in [7, 11) is 0. The Morgan fingerprint density at radius 2 is 1.88 bits per heavy atom. The monoisotopic (exact) mass is 567 g/mol.